The molecule has 0 spiro atoms. The van der Waals surface area contributed by atoms with Crippen LogP contribution in [-0.2, 0) is 11.2 Å². The molecule has 5 rings (SSSR count). The van der Waals surface area contributed by atoms with E-state index in [2.05, 4.69) is 5.32 Å². The Morgan fingerprint density at radius 2 is 1.71 bits per heavy atom. The van der Waals surface area contributed by atoms with E-state index in [4.69, 9.17) is 9.40 Å². The largest absolute Gasteiger partial charge is 0.478 e. The van der Waals surface area contributed by atoms with Gasteiger partial charge in [0.25, 0.3) is 0 Å². The van der Waals surface area contributed by atoms with Crippen LogP contribution in [0.15, 0.2) is 77.2 Å². The lowest BCUT2D eigenvalue weighted by atomic mass is 10.0. The molecule has 0 aliphatic carbocycles. The van der Waals surface area contributed by atoms with Crippen molar-refractivity contribution in [1.29, 1.82) is 0 Å². The summed E-state index contributed by atoms with van der Waals surface area (Å²) in [6, 6.07) is 22.1. The van der Waals surface area contributed by atoms with Crippen LogP contribution in [0.4, 0.5) is 5.69 Å². The SMILES string of the molecule is Cc1c(-c2cc(C(=O)O)c3c(NC(=O)Cc4ccccc4)ccc(C)c3n2)oc2ccccc12. The number of carbonyl (C=O) groups is 2. The molecule has 6 heteroatoms. The van der Waals surface area contributed by atoms with Crippen molar-refractivity contribution >= 4 is 39.4 Å². The van der Waals surface area contributed by atoms with Crippen LogP contribution in [0.1, 0.15) is 27.0 Å². The lowest BCUT2D eigenvalue weighted by molar-refractivity contribution is -0.115. The number of anilines is 1. The molecule has 168 valence electrons. The van der Waals surface area contributed by atoms with Gasteiger partial charge < -0.3 is 14.8 Å². The molecule has 0 atom stereocenters. The second-order valence-electron chi connectivity index (χ2n) is 8.28. The van der Waals surface area contributed by atoms with Gasteiger partial charge in [0.05, 0.1) is 23.2 Å². The number of nitrogens with zero attached hydrogens (tertiary/aromatic N) is 1. The first-order chi connectivity index (χ1) is 16.4. The van der Waals surface area contributed by atoms with Gasteiger partial charge in [-0.05, 0) is 43.2 Å². The summed E-state index contributed by atoms with van der Waals surface area (Å²) in [5.74, 6) is -0.806. The van der Waals surface area contributed by atoms with Crippen LogP contribution in [-0.4, -0.2) is 22.0 Å². The highest BCUT2D eigenvalue weighted by Crippen LogP contribution is 2.36. The highest BCUT2D eigenvalue weighted by atomic mass is 16.4. The molecule has 6 nitrogen and oxygen atoms in total. The van der Waals surface area contributed by atoms with E-state index in [9.17, 15) is 14.7 Å². The van der Waals surface area contributed by atoms with Crippen LogP contribution in [0, 0.1) is 13.8 Å². The summed E-state index contributed by atoms with van der Waals surface area (Å²) in [5, 5.41) is 14.3. The van der Waals surface area contributed by atoms with E-state index in [1.807, 2.05) is 74.5 Å². The number of fused-ring (bicyclic) bond motifs is 2. The van der Waals surface area contributed by atoms with Crippen LogP contribution < -0.4 is 5.32 Å². The number of nitrogens with one attached hydrogen (secondary N) is 1. The average Bonchev–Trinajstić information content (AvgIpc) is 3.17. The van der Waals surface area contributed by atoms with E-state index in [-0.39, 0.29) is 17.9 Å². The number of hydrogen-bond acceptors (Lipinski definition) is 4. The molecule has 2 heterocycles. The zero-order valence-corrected chi connectivity index (χ0v) is 18.8. The summed E-state index contributed by atoms with van der Waals surface area (Å²) in [6.07, 6.45) is 0.183. The van der Waals surface area contributed by atoms with Crippen molar-refractivity contribution in [2.45, 2.75) is 20.3 Å². The van der Waals surface area contributed by atoms with Crippen LogP contribution in [0.5, 0.6) is 0 Å². The van der Waals surface area contributed by atoms with Crippen molar-refractivity contribution in [3.8, 4) is 11.5 Å². The molecule has 0 fully saturated rings. The van der Waals surface area contributed by atoms with Gasteiger partial charge in [-0.15, -0.1) is 0 Å². The van der Waals surface area contributed by atoms with E-state index in [0.717, 1.165) is 22.1 Å². The number of aromatic carboxylic acids is 1. The van der Waals surface area contributed by atoms with Crippen molar-refractivity contribution in [1.82, 2.24) is 4.98 Å². The Labute approximate surface area is 195 Å². The van der Waals surface area contributed by atoms with E-state index in [1.54, 1.807) is 6.07 Å². The zero-order valence-electron chi connectivity index (χ0n) is 18.8. The Morgan fingerprint density at radius 3 is 2.44 bits per heavy atom. The normalized spacial score (nSPS) is 11.1. The van der Waals surface area contributed by atoms with Gasteiger partial charge in [0, 0.05) is 16.3 Å². The molecule has 0 radical (unpaired) electrons. The molecule has 3 aromatic carbocycles. The number of pyridine rings is 1. The summed E-state index contributed by atoms with van der Waals surface area (Å²) in [4.78, 5) is 29.8. The highest BCUT2D eigenvalue weighted by molar-refractivity contribution is 6.12. The first kappa shape index (κ1) is 21.4. The van der Waals surface area contributed by atoms with Gasteiger partial charge in [0.1, 0.15) is 11.3 Å². The minimum atomic E-state index is -1.11. The minimum absolute atomic E-state index is 0.0542. The van der Waals surface area contributed by atoms with Crippen LogP contribution in [0.3, 0.4) is 0 Å². The molecule has 0 saturated carbocycles. The lowest BCUT2D eigenvalue weighted by Crippen LogP contribution is -2.15. The summed E-state index contributed by atoms with van der Waals surface area (Å²) in [7, 11) is 0. The van der Waals surface area contributed by atoms with E-state index in [0.29, 0.717) is 33.6 Å². The van der Waals surface area contributed by atoms with Crippen molar-refractivity contribution in [2.75, 3.05) is 5.32 Å². The molecule has 0 unspecified atom stereocenters. The van der Waals surface area contributed by atoms with Gasteiger partial charge in [-0.1, -0.05) is 54.6 Å². The summed E-state index contributed by atoms with van der Waals surface area (Å²) >= 11 is 0. The maximum absolute atomic E-state index is 12.7. The van der Waals surface area contributed by atoms with Crippen LogP contribution >= 0.6 is 0 Å². The molecule has 34 heavy (non-hydrogen) atoms. The Bertz CT molecular complexity index is 1570. The number of carbonyl (C=O) groups excluding carboxylic acids is 1. The van der Waals surface area contributed by atoms with E-state index < -0.39 is 5.97 Å². The van der Waals surface area contributed by atoms with Gasteiger partial charge in [0.2, 0.25) is 5.91 Å². The number of aromatic nitrogens is 1. The maximum atomic E-state index is 12.7. The number of carboxylic acids is 1. The number of amides is 1. The molecule has 0 saturated heterocycles. The average molecular weight is 450 g/mol. The van der Waals surface area contributed by atoms with Crippen LogP contribution in [0.25, 0.3) is 33.3 Å². The van der Waals surface area contributed by atoms with Gasteiger partial charge in [-0.3, -0.25) is 4.79 Å². The van der Waals surface area contributed by atoms with Crippen LogP contribution in [0.2, 0.25) is 0 Å². The summed E-state index contributed by atoms with van der Waals surface area (Å²) in [5.41, 5.74) is 4.70. The lowest BCUT2D eigenvalue weighted by Gasteiger charge is -2.14. The maximum Gasteiger partial charge on any atom is 0.336 e. The Kier molecular flexibility index (Phi) is 5.34. The zero-order chi connectivity index (χ0) is 23.8. The van der Waals surface area contributed by atoms with E-state index in [1.165, 1.54) is 6.07 Å². The third kappa shape index (κ3) is 3.79. The molecule has 5 aromatic rings. The molecule has 0 aliphatic rings. The number of furan rings is 1. The third-order valence-electron chi connectivity index (χ3n) is 5.95. The fourth-order valence-corrected chi connectivity index (χ4v) is 4.26. The van der Waals surface area contributed by atoms with Crippen molar-refractivity contribution < 1.29 is 19.1 Å². The van der Waals surface area contributed by atoms with Crippen molar-refractivity contribution in [2.24, 2.45) is 0 Å². The summed E-state index contributed by atoms with van der Waals surface area (Å²) in [6.45, 7) is 3.80. The highest BCUT2D eigenvalue weighted by Gasteiger charge is 2.21. The smallest absolute Gasteiger partial charge is 0.336 e. The predicted molar refractivity (Wildman–Crippen MR) is 132 cm³/mol. The molecule has 1 amide bonds. The molecular weight excluding hydrogens is 428 g/mol. The van der Waals surface area contributed by atoms with Gasteiger partial charge in [-0.25, -0.2) is 9.78 Å². The van der Waals surface area contributed by atoms with Gasteiger partial charge in [0.15, 0.2) is 5.76 Å². The topological polar surface area (TPSA) is 92.4 Å². The number of rotatable bonds is 5. The minimum Gasteiger partial charge on any atom is -0.478 e. The number of carboxylic acid groups (broad SMARTS) is 1. The first-order valence-electron chi connectivity index (χ1n) is 10.9. The number of hydrogen-bond donors (Lipinski definition) is 2. The Balaban J connectivity index is 1.64. The number of para-hydroxylation sites is 1. The van der Waals surface area contributed by atoms with Crippen molar-refractivity contribution in [3.63, 3.8) is 0 Å². The fraction of sp³-hybridized carbons (Fsp3) is 0.107. The van der Waals surface area contributed by atoms with Gasteiger partial charge in [-0.2, -0.15) is 0 Å². The number of benzene rings is 3. The Morgan fingerprint density at radius 1 is 0.971 bits per heavy atom. The van der Waals surface area contributed by atoms with Gasteiger partial charge >= 0.3 is 5.97 Å². The fourth-order valence-electron chi connectivity index (χ4n) is 4.26. The quantitative estimate of drug-likeness (QED) is 0.335. The first-order valence-corrected chi connectivity index (χ1v) is 10.9. The number of aryl methyl sites for hydroxylation is 2. The predicted octanol–water partition coefficient (Wildman–Crippen LogP) is 6.14. The van der Waals surface area contributed by atoms with Crippen molar-refractivity contribution in [3.05, 3.63) is 95.1 Å². The molecule has 0 bridgehead atoms. The second-order valence-corrected chi connectivity index (χ2v) is 8.28. The third-order valence-corrected chi connectivity index (χ3v) is 5.95. The molecule has 2 aromatic heterocycles. The molecular formula is C28H22N2O4. The second kappa shape index (κ2) is 8.48. The molecule has 2 N–H and O–H groups in total. The summed E-state index contributed by atoms with van der Waals surface area (Å²) < 4.78 is 6.04. The molecule has 0 aliphatic heterocycles. The van der Waals surface area contributed by atoms with E-state index >= 15 is 0 Å². The monoisotopic (exact) mass is 450 g/mol. The Hall–Kier alpha value is -4.45. The standard InChI is InChI=1S/C28H22N2O4/c1-16-12-13-21(29-24(31)14-18-8-4-3-5-9-18)25-20(28(32)33)15-22(30-26(16)25)27-17(2)19-10-6-7-11-23(19)34-27/h3-13,15H,14H2,1-2H3,(H,29,31)(H,32,33).